The maximum atomic E-state index is 12.5. The lowest BCUT2D eigenvalue weighted by molar-refractivity contribution is -0.634. The summed E-state index contributed by atoms with van der Waals surface area (Å²) in [7, 11) is -3.87. The molecule has 134 valence electrons. The molecule has 9 heteroatoms. The van der Waals surface area contributed by atoms with Crippen LogP contribution < -0.4 is 14.3 Å². The predicted octanol–water partition coefficient (Wildman–Crippen LogP) is 1.04. The van der Waals surface area contributed by atoms with Crippen LogP contribution in [0.1, 0.15) is 17.0 Å². The number of fused-ring (bicyclic) bond motifs is 1. The lowest BCUT2D eigenvalue weighted by Crippen LogP contribution is -2.44. The van der Waals surface area contributed by atoms with Crippen molar-refractivity contribution in [3.05, 3.63) is 75.9 Å². The summed E-state index contributed by atoms with van der Waals surface area (Å²) >= 11 is 0. The first kappa shape index (κ1) is 17.6. The Morgan fingerprint density at radius 1 is 0.962 bits per heavy atom. The van der Waals surface area contributed by atoms with Gasteiger partial charge >= 0.3 is 5.69 Å². The molecule has 3 aromatic rings. The Bertz CT molecular complexity index is 1110. The van der Waals surface area contributed by atoms with Gasteiger partial charge in [0.2, 0.25) is 0 Å². The van der Waals surface area contributed by atoms with Crippen LogP contribution in [-0.2, 0) is 10.0 Å². The summed E-state index contributed by atoms with van der Waals surface area (Å²) in [5.74, 6) is 0. The molecule has 0 radical (unpaired) electrons. The third kappa shape index (κ3) is 3.16. The van der Waals surface area contributed by atoms with Gasteiger partial charge in [-0.3, -0.25) is 0 Å². The monoisotopic (exact) mass is 372 g/mol. The van der Waals surface area contributed by atoms with Crippen molar-refractivity contribution in [2.75, 3.05) is 0 Å². The lowest BCUT2D eigenvalue weighted by atomic mass is 10.2. The van der Waals surface area contributed by atoms with Gasteiger partial charge in [-0.2, -0.15) is 27.8 Å². The van der Waals surface area contributed by atoms with Crippen molar-refractivity contribution in [1.29, 1.82) is 0 Å². The first-order valence-corrected chi connectivity index (χ1v) is 9.15. The van der Waals surface area contributed by atoms with Crippen molar-refractivity contribution >= 4 is 27.3 Å². The number of nitrogens with one attached hydrogen (secondary N) is 1. The third-order valence-electron chi connectivity index (χ3n) is 3.90. The molecule has 0 saturated carbocycles. The molecule has 26 heavy (non-hydrogen) atoms. The second kappa shape index (κ2) is 6.60. The molecule has 1 aromatic heterocycles. The van der Waals surface area contributed by atoms with E-state index < -0.39 is 10.0 Å². The summed E-state index contributed by atoms with van der Waals surface area (Å²) in [6.45, 7) is 3.30. The van der Waals surface area contributed by atoms with Crippen LogP contribution in [0.4, 0.5) is 0 Å². The maximum absolute atomic E-state index is 12.5. The second-order valence-corrected chi connectivity index (χ2v) is 7.37. The van der Waals surface area contributed by atoms with Gasteiger partial charge in [0, 0.05) is 19.1 Å². The van der Waals surface area contributed by atoms with E-state index in [0.29, 0.717) is 9.46 Å². The molecular weight excluding hydrogens is 356 g/mol. The quantitative estimate of drug-likeness (QED) is 0.319. The Balaban J connectivity index is 1.95. The van der Waals surface area contributed by atoms with E-state index in [9.17, 15) is 18.8 Å². The van der Waals surface area contributed by atoms with Crippen molar-refractivity contribution < 1.29 is 17.9 Å². The molecule has 0 aliphatic heterocycles. The Hall–Kier alpha value is -3.20. The topological polar surface area (TPSA) is 112 Å². The minimum atomic E-state index is -3.87. The molecule has 2 aromatic carbocycles. The molecule has 0 unspecified atom stereocenters. The van der Waals surface area contributed by atoms with Crippen LogP contribution in [0.15, 0.2) is 58.5 Å². The molecule has 0 spiro atoms. The van der Waals surface area contributed by atoms with Crippen molar-refractivity contribution in [3.8, 4) is 0 Å². The van der Waals surface area contributed by atoms with E-state index in [0.717, 1.165) is 11.8 Å². The molecule has 0 atom stereocenters. The Kier molecular flexibility index (Phi) is 4.47. The van der Waals surface area contributed by atoms with Gasteiger partial charge < -0.3 is 10.4 Å². The highest BCUT2D eigenvalue weighted by Gasteiger charge is 2.23. The van der Waals surface area contributed by atoms with Gasteiger partial charge in [-0.25, -0.2) is 0 Å². The van der Waals surface area contributed by atoms with Crippen LogP contribution in [0, 0.1) is 24.3 Å². The van der Waals surface area contributed by atoms with Crippen LogP contribution in [0.5, 0.6) is 0 Å². The molecule has 1 N–H and O–H groups in total. The Labute approximate surface area is 150 Å². The van der Waals surface area contributed by atoms with Gasteiger partial charge in [-0.15, -0.1) is 0 Å². The molecule has 8 nitrogen and oxygen atoms in total. The van der Waals surface area contributed by atoms with E-state index in [-0.39, 0.29) is 27.3 Å². The highest BCUT2D eigenvalue weighted by molar-refractivity contribution is 7.89. The number of rotatable bonds is 4. The zero-order chi connectivity index (χ0) is 18.9. The average Bonchev–Trinajstić information content (AvgIpc) is 2.63. The number of sulfonamides is 1. The zero-order valence-corrected chi connectivity index (χ0v) is 14.9. The van der Waals surface area contributed by atoms with E-state index in [2.05, 4.69) is 5.10 Å². The fourth-order valence-corrected chi connectivity index (χ4v) is 3.23. The molecule has 0 aliphatic carbocycles. The van der Waals surface area contributed by atoms with Gasteiger partial charge in [0.1, 0.15) is 6.21 Å². The fourth-order valence-electron chi connectivity index (χ4n) is 2.44. The summed E-state index contributed by atoms with van der Waals surface area (Å²) < 4.78 is 25.6. The zero-order valence-electron chi connectivity index (χ0n) is 14.1. The first-order chi connectivity index (χ1) is 12.3. The number of nitrogens with zero attached hydrogens (tertiary/aromatic N) is 3. The molecule has 0 fully saturated rings. The van der Waals surface area contributed by atoms with Crippen molar-refractivity contribution in [3.63, 3.8) is 0 Å². The highest BCUT2D eigenvalue weighted by atomic mass is 32.2. The van der Waals surface area contributed by atoms with E-state index in [1.54, 1.807) is 24.3 Å². The minimum absolute atomic E-state index is 0.0457. The molecule has 1 heterocycles. The normalized spacial score (nSPS) is 11.9. The van der Waals surface area contributed by atoms with Crippen molar-refractivity contribution in [1.82, 2.24) is 4.83 Å². The number of hydrogen-bond donors (Lipinski definition) is 1. The Morgan fingerprint density at radius 3 is 2.15 bits per heavy atom. The summed E-state index contributed by atoms with van der Waals surface area (Å²) in [6, 6.07) is 12.6. The van der Waals surface area contributed by atoms with Gasteiger partial charge in [-0.1, -0.05) is 29.8 Å². The van der Waals surface area contributed by atoms with E-state index >= 15 is 0 Å². The number of aromatic nitrogens is 2. The predicted molar refractivity (Wildman–Crippen MR) is 95.7 cm³/mol. The summed E-state index contributed by atoms with van der Waals surface area (Å²) in [6.07, 6.45) is 1.02. The van der Waals surface area contributed by atoms with Crippen LogP contribution in [-0.4, -0.2) is 14.6 Å². The fraction of sp³-hybridized carbons (Fsp3) is 0.118. The summed E-state index contributed by atoms with van der Waals surface area (Å²) in [5.41, 5.74) is 1.36. The molecule has 0 saturated heterocycles. The standard InChI is InChI=1S/C17H16N4O4S/c1-12-7-9-14(10-8-12)26(24,25)19-18-11-17-13(2)20(22)15-5-3-4-6-16(15)21(17)23/h3-11,19H,1-2H3/b18-11+. The number of hydrogen-bond acceptors (Lipinski definition) is 5. The summed E-state index contributed by atoms with van der Waals surface area (Å²) in [5, 5.41) is 28.4. The third-order valence-corrected chi connectivity index (χ3v) is 5.14. The second-order valence-electron chi connectivity index (χ2n) is 5.71. The van der Waals surface area contributed by atoms with Crippen LogP contribution >= 0.6 is 0 Å². The SMILES string of the molecule is Cc1ccc(S(=O)(=O)N/N=C/c2c(C)[n+]([O-])c3ccccc3[n+]2[O-])cc1. The van der Waals surface area contributed by atoms with Gasteiger partial charge in [0.05, 0.1) is 4.90 Å². The van der Waals surface area contributed by atoms with Crippen LogP contribution in [0.25, 0.3) is 11.0 Å². The largest absolute Gasteiger partial charge is 0.618 e. The van der Waals surface area contributed by atoms with Gasteiger partial charge in [0.15, 0.2) is 0 Å². The first-order valence-electron chi connectivity index (χ1n) is 7.67. The molecule has 0 amide bonds. The smallest absolute Gasteiger partial charge is 0.305 e. The number of benzene rings is 2. The van der Waals surface area contributed by atoms with Gasteiger partial charge in [0.25, 0.3) is 26.8 Å². The molecule has 0 aliphatic rings. The van der Waals surface area contributed by atoms with E-state index in [4.69, 9.17) is 0 Å². The number of para-hydroxylation sites is 2. The highest BCUT2D eigenvalue weighted by Crippen LogP contribution is 2.10. The average molecular weight is 372 g/mol. The lowest BCUT2D eigenvalue weighted by Gasteiger charge is -2.08. The number of hydrazone groups is 1. The van der Waals surface area contributed by atoms with E-state index in [1.165, 1.54) is 31.2 Å². The number of aryl methyl sites for hydroxylation is 1. The maximum Gasteiger partial charge on any atom is 0.305 e. The van der Waals surface area contributed by atoms with Crippen molar-refractivity contribution in [2.45, 2.75) is 18.7 Å². The molecular formula is C17H16N4O4S. The van der Waals surface area contributed by atoms with Crippen LogP contribution in [0.3, 0.4) is 0 Å². The summed E-state index contributed by atoms with van der Waals surface area (Å²) in [4.78, 5) is 2.09. The molecule has 0 bridgehead atoms. The minimum Gasteiger partial charge on any atom is -0.618 e. The van der Waals surface area contributed by atoms with E-state index in [1.807, 2.05) is 11.8 Å². The van der Waals surface area contributed by atoms with Gasteiger partial charge in [-0.05, 0) is 19.1 Å². The molecule has 3 rings (SSSR count). The van der Waals surface area contributed by atoms with Crippen LogP contribution in [0.2, 0.25) is 0 Å². The Morgan fingerprint density at radius 2 is 1.54 bits per heavy atom. The van der Waals surface area contributed by atoms with Crippen molar-refractivity contribution in [2.24, 2.45) is 5.10 Å².